The number of fused-ring (bicyclic) bond motifs is 1. The molecule has 0 saturated carbocycles. The van der Waals surface area contributed by atoms with Crippen LogP contribution in [0.2, 0.25) is 0 Å². The number of carbonyl (C=O) groups is 1. The Bertz CT molecular complexity index is 1140. The lowest BCUT2D eigenvalue weighted by molar-refractivity contribution is 0.0951. The van der Waals surface area contributed by atoms with Gasteiger partial charge < -0.3 is 10.3 Å². The normalized spacial score (nSPS) is 10.9. The first-order valence-electron chi connectivity index (χ1n) is 9.51. The number of hydrogen-bond donors (Lipinski definition) is 2. The Balaban J connectivity index is 1.39. The molecular formula is C24H21FN2OS. The van der Waals surface area contributed by atoms with Crippen molar-refractivity contribution < 1.29 is 9.18 Å². The topological polar surface area (TPSA) is 44.9 Å². The molecule has 1 aromatic heterocycles. The van der Waals surface area contributed by atoms with Gasteiger partial charge in [0, 0.05) is 34.3 Å². The number of hydrogen-bond acceptors (Lipinski definition) is 2. The molecule has 5 heteroatoms. The van der Waals surface area contributed by atoms with E-state index in [1.165, 1.54) is 28.8 Å². The molecule has 0 aliphatic heterocycles. The summed E-state index contributed by atoms with van der Waals surface area (Å²) in [6.07, 6.45) is 2.75. The summed E-state index contributed by atoms with van der Waals surface area (Å²) in [6, 6.07) is 22.3. The van der Waals surface area contributed by atoms with Crippen LogP contribution >= 0.6 is 11.8 Å². The van der Waals surface area contributed by atoms with Crippen molar-refractivity contribution in [3.8, 4) is 0 Å². The van der Waals surface area contributed by atoms with Gasteiger partial charge >= 0.3 is 0 Å². The van der Waals surface area contributed by atoms with Gasteiger partial charge in [0.15, 0.2) is 0 Å². The molecule has 0 atom stereocenters. The van der Waals surface area contributed by atoms with Crippen molar-refractivity contribution in [1.82, 2.24) is 10.3 Å². The van der Waals surface area contributed by atoms with Gasteiger partial charge in [-0.2, -0.15) is 0 Å². The molecule has 1 amide bonds. The van der Waals surface area contributed by atoms with Crippen LogP contribution in [0.3, 0.4) is 0 Å². The highest BCUT2D eigenvalue weighted by atomic mass is 32.2. The second-order valence-electron chi connectivity index (χ2n) is 6.74. The first-order valence-corrected chi connectivity index (χ1v) is 10.5. The van der Waals surface area contributed by atoms with Crippen LogP contribution in [0.15, 0.2) is 83.9 Å². The molecular weight excluding hydrogens is 383 g/mol. The molecule has 0 fully saturated rings. The van der Waals surface area contributed by atoms with E-state index >= 15 is 0 Å². The SMILES string of the molecule is O=C(NCCc1c[nH]c2ccccc12)c1ccccc1SCc1ccccc1F. The fraction of sp³-hybridized carbons (Fsp3) is 0.125. The summed E-state index contributed by atoms with van der Waals surface area (Å²) >= 11 is 1.47. The van der Waals surface area contributed by atoms with E-state index in [1.54, 1.807) is 12.1 Å². The zero-order valence-corrected chi connectivity index (χ0v) is 16.6. The second-order valence-corrected chi connectivity index (χ2v) is 7.76. The summed E-state index contributed by atoms with van der Waals surface area (Å²) in [5, 5.41) is 4.19. The second kappa shape index (κ2) is 8.97. The van der Waals surface area contributed by atoms with Crippen molar-refractivity contribution in [1.29, 1.82) is 0 Å². The van der Waals surface area contributed by atoms with Gasteiger partial charge in [0.25, 0.3) is 5.91 Å². The Labute approximate surface area is 173 Å². The lowest BCUT2D eigenvalue weighted by atomic mass is 10.1. The number of aromatic nitrogens is 1. The maximum Gasteiger partial charge on any atom is 0.252 e. The lowest BCUT2D eigenvalue weighted by Crippen LogP contribution is -2.26. The Morgan fingerprint density at radius 2 is 1.69 bits per heavy atom. The first kappa shape index (κ1) is 19.3. The fourth-order valence-corrected chi connectivity index (χ4v) is 4.33. The molecule has 1 heterocycles. The van der Waals surface area contributed by atoms with Gasteiger partial charge in [-0.3, -0.25) is 4.79 Å². The van der Waals surface area contributed by atoms with Crippen LogP contribution < -0.4 is 5.32 Å². The molecule has 4 aromatic rings. The van der Waals surface area contributed by atoms with Crippen LogP contribution in [0.4, 0.5) is 4.39 Å². The Morgan fingerprint density at radius 1 is 0.931 bits per heavy atom. The number of aromatic amines is 1. The van der Waals surface area contributed by atoms with E-state index in [-0.39, 0.29) is 11.7 Å². The highest BCUT2D eigenvalue weighted by Gasteiger charge is 2.12. The standard InChI is InChI=1S/C24H21FN2OS/c25-21-10-4-1-7-18(21)16-29-23-12-6-3-9-20(23)24(28)26-14-13-17-15-27-22-11-5-2-8-19(17)22/h1-12,15,27H,13-14,16H2,(H,26,28). The molecule has 0 radical (unpaired) electrons. The van der Waals surface area contributed by atoms with Gasteiger partial charge in [0.1, 0.15) is 5.82 Å². The highest BCUT2D eigenvalue weighted by Crippen LogP contribution is 2.27. The van der Waals surface area contributed by atoms with Crippen LogP contribution in [0.25, 0.3) is 10.9 Å². The van der Waals surface area contributed by atoms with Gasteiger partial charge in [-0.25, -0.2) is 4.39 Å². The largest absolute Gasteiger partial charge is 0.361 e. The minimum absolute atomic E-state index is 0.110. The molecule has 0 unspecified atom stereocenters. The van der Waals surface area contributed by atoms with Crippen LogP contribution in [0.5, 0.6) is 0 Å². The number of H-pyrrole nitrogens is 1. The van der Waals surface area contributed by atoms with E-state index in [4.69, 9.17) is 0 Å². The summed E-state index contributed by atoms with van der Waals surface area (Å²) in [6.45, 7) is 0.549. The molecule has 2 N–H and O–H groups in total. The third-order valence-electron chi connectivity index (χ3n) is 4.83. The zero-order valence-electron chi connectivity index (χ0n) is 15.8. The van der Waals surface area contributed by atoms with Gasteiger partial charge in [0.2, 0.25) is 0 Å². The Kier molecular flexibility index (Phi) is 5.96. The predicted octanol–water partition coefficient (Wildman–Crippen LogP) is 5.57. The van der Waals surface area contributed by atoms with Crippen molar-refractivity contribution in [2.24, 2.45) is 0 Å². The third-order valence-corrected chi connectivity index (χ3v) is 5.95. The minimum Gasteiger partial charge on any atom is -0.361 e. The maximum atomic E-state index is 13.9. The monoisotopic (exact) mass is 404 g/mol. The number of carbonyl (C=O) groups excluding carboxylic acids is 1. The number of halogens is 1. The van der Waals surface area contributed by atoms with E-state index in [2.05, 4.69) is 16.4 Å². The molecule has 3 aromatic carbocycles. The van der Waals surface area contributed by atoms with Gasteiger partial charge in [-0.05, 0) is 41.8 Å². The quantitative estimate of drug-likeness (QED) is 0.396. The van der Waals surface area contributed by atoms with Gasteiger partial charge in [0.05, 0.1) is 5.56 Å². The van der Waals surface area contributed by atoms with E-state index in [1.807, 2.05) is 54.7 Å². The van der Waals surface area contributed by atoms with Crippen molar-refractivity contribution in [2.75, 3.05) is 6.54 Å². The lowest BCUT2D eigenvalue weighted by Gasteiger charge is -2.10. The van der Waals surface area contributed by atoms with E-state index in [0.29, 0.717) is 23.4 Å². The number of rotatable bonds is 7. The predicted molar refractivity (Wildman–Crippen MR) is 117 cm³/mol. The molecule has 0 bridgehead atoms. The summed E-state index contributed by atoms with van der Waals surface area (Å²) in [4.78, 5) is 16.8. The Hall–Kier alpha value is -3.05. The third kappa shape index (κ3) is 4.51. The summed E-state index contributed by atoms with van der Waals surface area (Å²) in [5.74, 6) is 0.147. The number of thioether (sulfide) groups is 1. The number of nitrogens with one attached hydrogen (secondary N) is 2. The van der Waals surface area contributed by atoms with Crippen molar-refractivity contribution >= 4 is 28.6 Å². The molecule has 146 valence electrons. The van der Waals surface area contributed by atoms with Crippen LogP contribution in [-0.2, 0) is 12.2 Å². The van der Waals surface area contributed by atoms with Crippen LogP contribution in [0, 0.1) is 5.82 Å². The molecule has 0 saturated heterocycles. The van der Waals surface area contributed by atoms with E-state index in [0.717, 1.165) is 16.8 Å². The molecule has 29 heavy (non-hydrogen) atoms. The number of para-hydroxylation sites is 1. The van der Waals surface area contributed by atoms with Crippen molar-refractivity contribution in [3.63, 3.8) is 0 Å². The van der Waals surface area contributed by atoms with Crippen LogP contribution in [0.1, 0.15) is 21.5 Å². The van der Waals surface area contributed by atoms with Crippen molar-refractivity contribution in [3.05, 3.63) is 102 Å². The molecule has 0 aliphatic rings. The van der Waals surface area contributed by atoms with E-state index < -0.39 is 0 Å². The van der Waals surface area contributed by atoms with Gasteiger partial charge in [-0.15, -0.1) is 11.8 Å². The molecule has 3 nitrogen and oxygen atoms in total. The maximum absolute atomic E-state index is 13.9. The average Bonchev–Trinajstić information content (AvgIpc) is 3.16. The zero-order chi connectivity index (χ0) is 20.1. The molecule has 0 aliphatic carbocycles. The fourth-order valence-electron chi connectivity index (χ4n) is 3.30. The summed E-state index contributed by atoms with van der Waals surface area (Å²) in [7, 11) is 0. The minimum atomic E-state index is -0.222. The Morgan fingerprint density at radius 3 is 2.59 bits per heavy atom. The first-order chi connectivity index (χ1) is 14.2. The molecule has 4 rings (SSSR count). The summed E-state index contributed by atoms with van der Waals surface area (Å²) in [5.41, 5.74) is 3.53. The number of benzene rings is 3. The van der Waals surface area contributed by atoms with E-state index in [9.17, 15) is 9.18 Å². The smallest absolute Gasteiger partial charge is 0.252 e. The van der Waals surface area contributed by atoms with Gasteiger partial charge in [-0.1, -0.05) is 48.5 Å². The summed E-state index contributed by atoms with van der Waals surface area (Å²) < 4.78 is 13.9. The van der Waals surface area contributed by atoms with Crippen molar-refractivity contribution in [2.45, 2.75) is 17.1 Å². The van der Waals surface area contributed by atoms with Crippen LogP contribution in [-0.4, -0.2) is 17.4 Å². The number of amides is 1. The average molecular weight is 405 g/mol. The highest BCUT2D eigenvalue weighted by molar-refractivity contribution is 7.98. The molecule has 0 spiro atoms.